The fraction of sp³-hybridized carbons (Fsp3) is 0.467. The maximum atomic E-state index is 6.03. The molecule has 0 aliphatic carbocycles. The van der Waals surface area contributed by atoms with Crippen LogP contribution in [0.2, 0.25) is 0 Å². The summed E-state index contributed by atoms with van der Waals surface area (Å²) in [7, 11) is 3.71. The van der Waals surface area contributed by atoms with Crippen LogP contribution in [0.5, 0.6) is 11.5 Å². The number of nitrogens with two attached hydrogens (primary N) is 1. The number of methoxy groups -OCH3 is 1. The van der Waals surface area contributed by atoms with E-state index in [1.54, 1.807) is 7.11 Å². The predicted octanol–water partition coefficient (Wildman–Crippen LogP) is 1.29. The van der Waals surface area contributed by atoms with E-state index in [-0.39, 0.29) is 12.6 Å². The van der Waals surface area contributed by atoms with Crippen molar-refractivity contribution < 1.29 is 14.0 Å². The second kappa shape index (κ2) is 6.33. The molecule has 1 aliphatic heterocycles. The highest BCUT2D eigenvalue weighted by Gasteiger charge is 2.22. The second-order valence-electron chi connectivity index (χ2n) is 5.37. The summed E-state index contributed by atoms with van der Waals surface area (Å²) in [6, 6.07) is 5.62. The molecule has 2 N–H and O–H groups in total. The highest BCUT2D eigenvalue weighted by molar-refractivity contribution is 5.60. The van der Waals surface area contributed by atoms with Crippen LogP contribution in [0, 0.1) is 0 Å². The Labute approximate surface area is 129 Å². The molecule has 22 heavy (non-hydrogen) atoms. The molecule has 0 spiro atoms. The number of hydrogen-bond acceptors (Lipinski definition) is 7. The third kappa shape index (κ3) is 3.05. The minimum atomic E-state index is 0.193. The van der Waals surface area contributed by atoms with Crippen LogP contribution in [0.3, 0.4) is 0 Å². The van der Waals surface area contributed by atoms with Gasteiger partial charge in [-0.15, -0.1) is 0 Å². The molecule has 7 nitrogen and oxygen atoms in total. The van der Waals surface area contributed by atoms with Crippen LogP contribution in [0.4, 0.5) is 0 Å². The summed E-state index contributed by atoms with van der Waals surface area (Å²) in [5.74, 6) is 2.29. The molecule has 1 unspecified atom stereocenters. The van der Waals surface area contributed by atoms with Gasteiger partial charge < -0.3 is 24.6 Å². The van der Waals surface area contributed by atoms with E-state index in [2.05, 4.69) is 22.1 Å². The molecule has 1 fully saturated rings. The van der Waals surface area contributed by atoms with E-state index >= 15 is 0 Å². The Kier molecular flexibility index (Phi) is 4.26. The fourth-order valence-electron chi connectivity index (χ4n) is 2.53. The van der Waals surface area contributed by atoms with Crippen LogP contribution in [-0.2, 0) is 6.54 Å². The molecule has 118 valence electrons. The van der Waals surface area contributed by atoms with E-state index in [1.807, 2.05) is 18.2 Å². The van der Waals surface area contributed by atoms with E-state index in [0.29, 0.717) is 17.5 Å². The lowest BCUT2D eigenvalue weighted by Crippen LogP contribution is -2.21. The maximum absolute atomic E-state index is 6.03. The van der Waals surface area contributed by atoms with E-state index < -0.39 is 0 Å². The number of hydrogen-bond donors (Lipinski definition) is 1. The van der Waals surface area contributed by atoms with Crippen molar-refractivity contribution in [2.24, 2.45) is 5.73 Å². The number of likely N-dealkylation sites (N-methyl/N-ethyl adjacent to an activating group) is 1. The first kappa shape index (κ1) is 14.8. The van der Waals surface area contributed by atoms with Crippen LogP contribution in [0.1, 0.15) is 12.3 Å². The predicted molar refractivity (Wildman–Crippen MR) is 80.7 cm³/mol. The van der Waals surface area contributed by atoms with Gasteiger partial charge in [0.1, 0.15) is 6.10 Å². The smallest absolute Gasteiger partial charge is 0.240 e. The maximum Gasteiger partial charge on any atom is 0.240 e. The third-order valence-electron chi connectivity index (χ3n) is 3.71. The molecule has 0 bridgehead atoms. The van der Waals surface area contributed by atoms with Crippen molar-refractivity contribution >= 4 is 0 Å². The molecule has 1 atom stereocenters. The lowest BCUT2D eigenvalue weighted by Gasteiger charge is -2.16. The monoisotopic (exact) mass is 304 g/mol. The number of nitrogens with zero attached hydrogens (tertiary/aromatic N) is 3. The van der Waals surface area contributed by atoms with Crippen LogP contribution in [0.25, 0.3) is 11.4 Å². The molecule has 2 heterocycles. The number of rotatable bonds is 5. The number of likely N-dealkylation sites (tertiary alicyclic amines) is 1. The molecular formula is C15H20N4O3. The molecule has 2 aromatic rings. The Morgan fingerprint density at radius 2 is 2.27 bits per heavy atom. The Hall–Kier alpha value is -2.12. The Balaban J connectivity index is 1.80. The molecule has 1 aromatic heterocycles. The van der Waals surface area contributed by atoms with Gasteiger partial charge in [0.2, 0.25) is 11.7 Å². The van der Waals surface area contributed by atoms with Crippen LogP contribution >= 0.6 is 0 Å². The van der Waals surface area contributed by atoms with Gasteiger partial charge in [0.05, 0.1) is 13.7 Å². The Morgan fingerprint density at radius 1 is 1.41 bits per heavy atom. The summed E-state index contributed by atoms with van der Waals surface area (Å²) in [4.78, 5) is 6.46. The van der Waals surface area contributed by atoms with Gasteiger partial charge in [-0.3, -0.25) is 0 Å². The van der Waals surface area contributed by atoms with Gasteiger partial charge >= 0.3 is 0 Å². The molecule has 1 saturated heterocycles. The molecule has 1 aliphatic rings. The van der Waals surface area contributed by atoms with Crippen molar-refractivity contribution in [2.75, 3.05) is 27.2 Å². The zero-order chi connectivity index (χ0) is 15.5. The first-order valence-electron chi connectivity index (χ1n) is 7.26. The largest absolute Gasteiger partial charge is 0.493 e. The minimum absolute atomic E-state index is 0.193. The topological polar surface area (TPSA) is 86.6 Å². The molecule has 0 radical (unpaired) electrons. The number of ether oxygens (including phenoxy) is 2. The molecule has 7 heteroatoms. The second-order valence-corrected chi connectivity index (χ2v) is 5.37. The van der Waals surface area contributed by atoms with Crippen molar-refractivity contribution in [3.8, 4) is 22.9 Å². The quantitative estimate of drug-likeness (QED) is 0.890. The average molecular weight is 304 g/mol. The Bertz CT molecular complexity index is 643. The lowest BCUT2D eigenvalue weighted by molar-refractivity contribution is 0.199. The van der Waals surface area contributed by atoms with Gasteiger partial charge in [-0.1, -0.05) is 5.16 Å². The van der Waals surface area contributed by atoms with Gasteiger partial charge in [-0.2, -0.15) is 4.98 Å². The Morgan fingerprint density at radius 3 is 2.91 bits per heavy atom. The van der Waals surface area contributed by atoms with Crippen molar-refractivity contribution in [1.82, 2.24) is 15.0 Å². The van der Waals surface area contributed by atoms with E-state index in [1.165, 1.54) is 0 Å². The van der Waals surface area contributed by atoms with Crippen molar-refractivity contribution in [2.45, 2.75) is 19.1 Å². The minimum Gasteiger partial charge on any atom is -0.493 e. The summed E-state index contributed by atoms with van der Waals surface area (Å²) in [5, 5.41) is 3.91. The van der Waals surface area contributed by atoms with Gasteiger partial charge in [0, 0.05) is 18.7 Å². The highest BCUT2D eigenvalue weighted by atomic mass is 16.5. The standard InChI is InChI=1S/C15H20N4O3/c1-19-6-5-11(9-19)21-12-4-3-10(7-13(12)20-2)15-17-14(8-16)22-18-15/h3-4,7,11H,5-6,8-9,16H2,1-2H3. The molecule has 0 amide bonds. The molecular weight excluding hydrogens is 284 g/mol. The molecule has 1 aromatic carbocycles. The van der Waals surface area contributed by atoms with Gasteiger partial charge in [0.25, 0.3) is 0 Å². The SMILES string of the molecule is COc1cc(-c2noc(CN)n2)ccc1OC1CCN(C)C1. The van der Waals surface area contributed by atoms with Crippen molar-refractivity contribution in [3.05, 3.63) is 24.1 Å². The van der Waals surface area contributed by atoms with Crippen LogP contribution in [-0.4, -0.2) is 48.4 Å². The first-order valence-corrected chi connectivity index (χ1v) is 7.26. The highest BCUT2D eigenvalue weighted by Crippen LogP contribution is 2.33. The lowest BCUT2D eigenvalue weighted by atomic mass is 10.2. The van der Waals surface area contributed by atoms with Crippen LogP contribution < -0.4 is 15.2 Å². The first-order chi connectivity index (χ1) is 10.7. The summed E-state index contributed by atoms with van der Waals surface area (Å²) in [6.45, 7) is 2.20. The van der Waals surface area contributed by atoms with E-state index in [4.69, 9.17) is 19.7 Å². The fourth-order valence-corrected chi connectivity index (χ4v) is 2.53. The summed E-state index contributed by atoms with van der Waals surface area (Å²) >= 11 is 0. The average Bonchev–Trinajstić information content (AvgIpc) is 3.16. The number of benzene rings is 1. The zero-order valence-corrected chi connectivity index (χ0v) is 12.8. The zero-order valence-electron chi connectivity index (χ0n) is 12.8. The summed E-state index contributed by atoms with van der Waals surface area (Å²) in [6.07, 6.45) is 1.21. The molecule has 0 saturated carbocycles. The summed E-state index contributed by atoms with van der Waals surface area (Å²) < 4.78 is 16.5. The van der Waals surface area contributed by atoms with Crippen molar-refractivity contribution in [1.29, 1.82) is 0 Å². The van der Waals surface area contributed by atoms with Gasteiger partial charge in [-0.05, 0) is 31.7 Å². The number of aromatic nitrogens is 2. The van der Waals surface area contributed by atoms with Gasteiger partial charge in [-0.25, -0.2) is 0 Å². The van der Waals surface area contributed by atoms with Crippen molar-refractivity contribution in [3.63, 3.8) is 0 Å². The van der Waals surface area contributed by atoms with Crippen LogP contribution in [0.15, 0.2) is 22.7 Å². The third-order valence-corrected chi connectivity index (χ3v) is 3.71. The normalized spacial score (nSPS) is 18.6. The van der Waals surface area contributed by atoms with E-state index in [0.717, 1.165) is 30.8 Å². The molecule has 3 rings (SSSR count). The van der Waals surface area contributed by atoms with Gasteiger partial charge in [0.15, 0.2) is 11.5 Å². The van der Waals surface area contributed by atoms with E-state index in [9.17, 15) is 0 Å². The summed E-state index contributed by atoms with van der Waals surface area (Å²) in [5.41, 5.74) is 6.28.